The monoisotopic (exact) mass is 449 g/mol. The highest BCUT2D eigenvalue weighted by Gasteiger charge is 2.26. The molecule has 0 aliphatic carbocycles. The van der Waals surface area contributed by atoms with Crippen LogP contribution in [0.5, 0.6) is 5.75 Å². The minimum Gasteiger partial charge on any atom is -0.423 e. The van der Waals surface area contributed by atoms with E-state index < -0.39 is 16.0 Å². The Bertz CT molecular complexity index is 1230. The van der Waals surface area contributed by atoms with Crippen LogP contribution in [-0.4, -0.2) is 31.8 Å². The number of carbonyl (C=O) groups is 1. The topological polar surface area (TPSA) is 63.7 Å². The molecule has 1 heterocycles. The minimum atomic E-state index is -3.61. The highest BCUT2D eigenvalue weighted by Crippen LogP contribution is 2.28. The lowest BCUT2D eigenvalue weighted by Gasteiger charge is -2.25. The molecule has 3 aromatic rings. The summed E-state index contributed by atoms with van der Waals surface area (Å²) in [5.41, 5.74) is 4.36. The van der Waals surface area contributed by atoms with Gasteiger partial charge in [0.2, 0.25) is 10.0 Å². The van der Waals surface area contributed by atoms with Crippen LogP contribution in [-0.2, 0) is 10.0 Å². The average molecular weight is 450 g/mol. The molecule has 0 radical (unpaired) electrons. The third-order valence-electron chi connectivity index (χ3n) is 5.79. The lowest BCUT2D eigenvalue weighted by Crippen LogP contribution is -2.35. The van der Waals surface area contributed by atoms with Crippen molar-refractivity contribution in [3.05, 3.63) is 83.4 Å². The number of carbonyl (C=O) groups excluding carboxylic acids is 1. The quantitative estimate of drug-likeness (QED) is 0.388. The van der Waals surface area contributed by atoms with Crippen LogP contribution in [0, 0.1) is 13.8 Å². The number of ether oxygens (including phenoxy) is 1. The van der Waals surface area contributed by atoms with Crippen molar-refractivity contribution in [1.29, 1.82) is 0 Å². The van der Waals surface area contributed by atoms with Crippen molar-refractivity contribution < 1.29 is 17.9 Å². The Hall–Kier alpha value is -2.96. The molecule has 4 rings (SSSR count). The molecular formula is C26H27NO4S. The molecule has 5 nitrogen and oxygen atoms in total. The number of aryl methyl sites for hydroxylation is 2. The molecule has 3 aromatic carbocycles. The second-order valence-corrected chi connectivity index (χ2v) is 10.2. The first-order valence-electron chi connectivity index (χ1n) is 10.8. The molecule has 0 bridgehead atoms. The van der Waals surface area contributed by atoms with Crippen LogP contribution in [0.2, 0.25) is 0 Å². The number of hydrogen-bond donors (Lipinski definition) is 0. The van der Waals surface area contributed by atoms with E-state index in [9.17, 15) is 13.2 Å². The Morgan fingerprint density at radius 3 is 2.22 bits per heavy atom. The second-order valence-electron chi connectivity index (χ2n) is 8.23. The third-order valence-corrected chi connectivity index (χ3v) is 7.68. The van der Waals surface area contributed by atoms with Crippen molar-refractivity contribution in [2.45, 2.75) is 38.0 Å². The molecule has 0 saturated carbocycles. The SMILES string of the molecule is Cc1ccc(-c2ccc(OC(=O)c3cccc(S(=O)(=O)N4CCCCC4)c3)c(C)c2)cc1. The van der Waals surface area contributed by atoms with E-state index >= 15 is 0 Å². The van der Waals surface area contributed by atoms with Crippen LogP contribution in [0.4, 0.5) is 0 Å². The summed E-state index contributed by atoms with van der Waals surface area (Å²) in [4.78, 5) is 12.9. The Kier molecular flexibility index (Phi) is 6.44. The van der Waals surface area contributed by atoms with Gasteiger partial charge in [-0.3, -0.25) is 0 Å². The van der Waals surface area contributed by atoms with Gasteiger partial charge in [0.05, 0.1) is 10.5 Å². The Balaban J connectivity index is 1.53. The average Bonchev–Trinajstić information content (AvgIpc) is 2.81. The minimum absolute atomic E-state index is 0.125. The normalized spacial score (nSPS) is 14.8. The zero-order valence-electron chi connectivity index (χ0n) is 18.4. The van der Waals surface area contributed by atoms with Crippen molar-refractivity contribution >= 4 is 16.0 Å². The molecule has 1 aliphatic rings. The van der Waals surface area contributed by atoms with Crippen LogP contribution in [0.3, 0.4) is 0 Å². The van der Waals surface area contributed by atoms with Crippen molar-refractivity contribution in [3.8, 4) is 16.9 Å². The molecule has 0 atom stereocenters. The van der Waals surface area contributed by atoms with Crippen LogP contribution in [0.15, 0.2) is 71.6 Å². The number of esters is 1. The molecular weight excluding hydrogens is 422 g/mol. The molecule has 0 unspecified atom stereocenters. The van der Waals surface area contributed by atoms with Crippen LogP contribution in [0.1, 0.15) is 40.7 Å². The number of rotatable bonds is 5. The van der Waals surface area contributed by atoms with E-state index in [0.29, 0.717) is 18.8 Å². The lowest BCUT2D eigenvalue weighted by atomic mass is 10.0. The number of sulfonamides is 1. The maximum Gasteiger partial charge on any atom is 0.343 e. The highest BCUT2D eigenvalue weighted by atomic mass is 32.2. The van der Waals surface area contributed by atoms with Gasteiger partial charge in [0.15, 0.2) is 0 Å². The Morgan fingerprint density at radius 1 is 0.844 bits per heavy atom. The summed E-state index contributed by atoms with van der Waals surface area (Å²) in [5.74, 6) is -0.123. The van der Waals surface area contributed by atoms with Gasteiger partial charge in [-0.25, -0.2) is 13.2 Å². The van der Waals surface area contributed by atoms with Gasteiger partial charge in [-0.15, -0.1) is 0 Å². The van der Waals surface area contributed by atoms with E-state index in [0.717, 1.165) is 36.0 Å². The highest BCUT2D eigenvalue weighted by molar-refractivity contribution is 7.89. The fraction of sp³-hybridized carbons (Fsp3) is 0.269. The molecule has 0 aromatic heterocycles. The third kappa shape index (κ3) is 4.76. The molecule has 32 heavy (non-hydrogen) atoms. The van der Waals surface area contributed by atoms with Crippen molar-refractivity contribution in [1.82, 2.24) is 4.31 Å². The van der Waals surface area contributed by atoms with Gasteiger partial charge in [-0.1, -0.05) is 48.4 Å². The first-order chi connectivity index (χ1) is 15.3. The molecule has 6 heteroatoms. The van der Waals surface area contributed by atoms with Gasteiger partial charge >= 0.3 is 5.97 Å². The summed E-state index contributed by atoms with van der Waals surface area (Å²) < 4.78 is 33.0. The van der Waals surface area contributed by atoms with E-state index in [1.165, 1.54) is 22.0 Å². The second kappa shape index (κ2) is 9.27. The van der Waals surface area contributed by atoms with Crippen molar-refractivity contribution in [2.75, 3.05) is 13.1 Å². The number of piperidine rings is 1. The van der Waals surface area contributed by atoms with Crippen molar-refractivity contribution in [3.63, 3.8) is 0 Å². The van der Waals surface area contributed by atoms with Crippen LogP contribution in [0.25, 0.3) is 11.1 Å². The van der Waals surface area contributed by atoms with E-state index in [2.05, 4.69) is 24.3 Å². The molecule has 1 aliphatic heterocycles. The van der Waals surface area contributed by atoms with E-state index in [4.69, 9.17) is 4.74 Å². The van der Waals surface area contributed by atoms with E-state index in [-0.39, 0.29) is 10.5 Å². The summed E-state index contributed by atoms with van der Waals surface area (Å²) in [6, 6.07) is 20.0. The van der Waals surface area contributed by atoms with Crippen LogP contribution < -0.4 is 4.74 Å². The van der Waals surface area contributed by atoms with E-state index in [1.807, 2.05) is 26.0 Å². The largest absolute Gasteiger partial charge is 0.423 e. The van der Waals surface area contributed by atoms with E-state index in [1.54, 1.807) is 18.2 Å². The fourth-order valence-corrected chi connectivity index (χ4v) is 5.45. The first kappa shape index (κ1) is 22.2. The standard InChI is InChI=1S/C26H27NO4S/c1-19-9-11-21(12-10-19)22-13-14-25(20(2)17-22)31-26(28)23-7-6-8-24(18-23)32(29,30)27-15-4-3-5-16-27/h6-14,17-18H,3-5,15-16H2,1-2H3. The van der Waals surface area contributed by atoms with Gasteiger partial charge in [0.1, 0.15) is 5.75 Å². The van der Waals surface area contributed by atoms with Gasteiger partial charge in [-0.2, -0.15) is 4.31 Å². The zero-order chi connectivity index (χ0) is 22.7. The van der Waals surface area contributed by atoms with Gasteiger partial charge in [0.25, 0.3) is 0 Å². The predicted octanol–water partition coefficient (Wildman–Crippen LogP) is 5.36. The summed E-state index contributed by atoms with van der Waals surface area (Å²) in [5, 5.41) is 0. The molecule has 0 spiro atoms. The molecule has 166 valence electrons. The van der Waals surface area contributed by atoms with Crippen LogP contribution >= 0.6 is 0 Å². The molecule has 0 amide bonds. The lowest BCUT2D eigenvalue weighted by molar-refractivity contribution is 0.0733. The molecule has 0 N–H and O–H groups in total. The smallest absolute Gasteiger partial charge is 0.343 e. The summed E-state index contributed by atoms with van der Waals surface area (Å²) >= 11 is 0. The number of nitrogens with zero attached hydrogens (tertiary/aromatic N) is 1. The zero-order valence-corrected chi connectivity index (χ0v) is 19.2. The number of hydrogen-bond acceptors (Lipinski definition) is 4. The fourth-order valence-electron chi connectivity index (χ4n) is 3.89. The summed E-state index contributed by atoms with van der Waals surface area (Å²) in [6.45, 7) is 4.97. The number of benzene rings is 3. The maximum absolute atomic E-state index is 12.9. The summed E-state index contributed by atoms with van der Waals surface area (Å²) in [7, 11) is -3.61. The summed E-state index contributed by atoms with van der Waals surface area (Å²) in [6.07, 6.45) is 2.76. The predicted molar refractivity (Wildman–Crippen MR) is 125 cm³/mol. The van der Waals surface area contributed by atoms with Crippen molar-refractivity contribution in [2.24, 2.45) is 0 Å². The maximum atomic E-state index is 12.9. The van der Waals surface area contributed by atoms with Gasteiger partial charge in [-0.05, 0) is 73.7 Å². The molecule has 1 fully saturated rings. The van der Waals surface area contributed by atoms with Gasteiger partial charge < -0.3 is 4.74 Å². The molecule has 1 saturated heterocycles. The first-order valence-corrected chi connectivity index (χ1v) is 12.3. The Morgan fingerprint density at radius 2 is 1.53 bits per heavy atom. The van der Waals surface area contributed by atoms with Gasteiger partial charge in [0, 0.05) is 13.1 Å². The Labute approximate surface area is 189 Å².